The Balaban J connectivity index is 2.05. The molecule has 3 nitrogen and oxygen atoms in total. The number of aromatic nitrogens is 2. The molecule has 2 heterocycles. The van der Waals surface area contributed by atoms with Crippen LogP contribution in [-0.2, 0) is 6.54 Å². The van der Waals surface area contributed by atoms with E-state index < -0.39 is 0 Å². The molecule has 0 fully saturated rings. The first-order valence-corrected chi connectivity index (χ1v) is 5.85. The molecule has 0 aliphatic heterocycles. The fourth-order valence-corrected chi connectivity index (χ4v) is 1.84. The van der Waals surface area contributed by atoms with Crippen molar-refractivity contribution < 1.29 is 0 Å². The maximum atomic E-state index is 5.99. The van der Waals surface area contributed by atoms with E-state index in [0.717, 1.165) is 15.7 Å². The normalized spacial score (nSPS) is 10.1. The summed E-state index contributed by atoms with van der Waals surface area (Å²) in [7, 11) is 0. The number of hydrogen-bond donors (Lipinski definition) is 1. The molecule has 0 spiro atoms. The molecule has 0 aliphatic rings. The summed E-state index contributed by atoms with van der Waals surface area (Å²) in [4.78, 5) is 8.09. The van der Waals surface area contributed by atoms with Gasteiger partial charge >= 0.3 is 0 Å². The van der Waals surface area contributed by atoms with Crippen LogP contribution in [0.4, 0.5) is 5.69 Å². The van der Waals surface area contributed by atoms with E-state index >= 15 is 0 Å². The topological polar surface area (TPSA) is 37.8 Å². The second-order valence-corrected chi connectivity index (χ2v) is 4.54. The molecule has 82 valence electrons. The van der Waals surface area contributed by atoms with Gasteiger partial charge in [-0.15, -0.1) is 0 Å². The monoisotopic (exact) mass is 297 g/mol. The lowest BCUT2D eigenvalue weighted by atomic mass is 10.3. The van der Waals surface area contributed by atoms with E-state index in [-0.39, 0.29) is 0 Å². The molecule has 16 heavy (non-hydrogen) atoms. The standard InChI is InChI=1S/C11H9BrClN3/c12-9-3-8(4-15-6-9)5-16-11-7-14-2-1-10(11)13/h1-4,6-7,16H,5H2. The Morgan fingerprint density at radius 3 is 2.88 bits per heavy atom. The van der Waals surface area contributed by atoms with Crippen LogP contribution in [0.1, 0.15) is 5.56 Å². The van der Waals surface area contributed by atoms with Gasteiger partial charge in [-0.1, -0.05) is 11.6 Å². The lowest BCUT2D eigenvalue weighted by Crippen LogP contribution is -2.00. The van der Waals surface area contributed by atoms with E-state index in [9.17, 15) is 0 Å². The van der Waals surface area contributed by atoms with Crippen molar-refractivity contribution in [2.75, 3.05) is 5.32 Å². The molecule has 0 atom stereocenters. The van der Waals surface area contributed by atoms with Crippen LogP contribution < -0.4 is 5.32 Å². The van der Waals surface area contributed by atoms with Gasteiger partial charge in [0.2, 0.25) is 0 Å². The first kappa shape index (κ1) is 11.4. The van der Waals surface area contributed by atoms with Gasteiger partial charge in [0.15, 0.2) is 0 Å². The molecule has 1 N–H and O–H groups in total. The molecule has 2 aromatic heterocycles. The molecule has 0 aliphatic carbocycles. The number of rotatable bonds is 3. The van der Waals surface area contributed by atoms with Gasteiger partial charge in [-0.25, -0.2) is 0 Å². The summed E-state index contributed by atoms with van der Waals surface area (Å²) in [5, 5.41) is 3.87. The van der Waals surface area contributed by atoms with Crippen molar-refractivity contribution in [2.24, 2.45) is 0 Å². The second-order valence-electron chi connectivity index (χ2n) is 3.22. The maximum absolute atomic E-state index is 5.99. The van der Waals surface area contributed by atoms with Crippen LogP contribution in [0.15, 0.2) is 41.4 Å². The van der Waals surface area contributed by atoms with Gasteiger partial charge in [0.25, 0.3) is 0 Å². The fraction of sp³-hybridized carbons (Fsp3) is 0.0909. The first-order chi connectivity index (χ1) is 7.75. The zero-order valence-corrected chi connectivity index (χ0v) is 10.7. The smallest absolute Gasteiger partial charge is 0.0718 e. The predicted octanol–water partition coefficient (Wildman–Crippen LogP) is 3.50. The lowest BCUT2D eigenvalue weighted by Gasteiger charge is -2.07. The third-order valence-corrected chi connectivity index (χ3v) is 2.78. The van der Waals surface area contributed by atoms with Crippen LogP contribution in [0.5, 0.6) is 0 Å². The third-order valence-electron chi connectivity index (χ3n) is 2.01. The highest BCUT2D eigenvalue weighted by molar-refractivity contribution is 9.10. The number of hydrogen-bond acceptors (Lipinski definition) is 3. The van der Waals surface area contributed by atoms with Gasteiger partial charge in [-0.3, -0.25) is 9.97 Å². The van der Waals surface area contributed by atoms with Crippen LogP contribution in [0.2, 0.25) is 5.02 Å². The van der Waals surface area contributed by atoms with E-state index in [2.05, 4.69) is 31.2 Å². The van der Waals surface area contributed by atoms with Crippen LogP contribution in [-0.4, -0.2) is 9.97 Å². The van der Waals surface area contributed by atoms with Crippen molar-refractivity contribution in [3.63, 3.8) is 0 Å². The molecule has 0 bridgehead atoms. The predicted molar refractivity (Wildman–Crippen MR) is 68.5 cm³/mol. The zero-order chi connectivity index (χ0) is 11.4. The average Bonchev–Trinajstić information content (AvgIpc) is 2.28. The second kappa shape index (κ2) is 5.27. The number of pyridine rings is 2. The lowest BCUT2D eigenvalue weighted by molar-refractivity contribution is 1.10. The summed E-state index contributed by atoms with van der Waals surface area (Å²) >= 11 is 9.37. The molecule has 0 saturated heterocycles. The largest absolute Gasteiger partial charge is 0.378 e. The Hall–Kier alpha value is -1.13. The molecule has 2 rings (SSSR count). The number of nitrogens with one attached hydrogen (secondary N) is 1. The highest BCUT2D eigenvalue weighted by Gasteiger charge is 1.99. The van der Waals surface area contributed by atoms with E-state index in [1.807, 2.05) is 12.3 Å². The Bertz CT molecular complexity index is 490. The molecule has 0 saturated carbocycles. The average molecular weight is 299 g/mol. The summed E-state index contributed by atoms with van der Waals surface area (Å²) in [6.07, 6.45) is 6.92. The Kier molecular flexibility index (Phi) is 3.74. The highest BCUT2D eigenvalue weighted by atomic mass is 79.9. The summed E-state index contributed by atoms with van der Waals surface area (Å²) in [6, 6.07) is 3.76. The van der Waals surface area contributed by atoms with Crippen LogP contribution in [0.3, 0.4) is 0 Å². The van der Waals surface area contributed by atoms with Gasteiger partial charge in [-0.05, 0) is 33.6 Å². The zero-order valence-electron chi connectivity index (χ0n) is 8.32. The van der Waals surface area contributed by atoms with E-state index in [0.29, 0.717) is 11.6 Å². The fourth-order valence-electron chi connectivity index (χ4n) is 1.26. The quantitative estimate of drug-likeness (QED) is 0.942. The summed E-state index contributed by atoms with van der Waals surface area (Å²) in [5.74, 6) is 0. The van der Waals surface area contributed by atoms with Crippen molar-refractivity contribution in [1.29, 1.82) is 0 Å². The van der Waals surface area contributed by atoms with Gasteiger partial charge in [0, 0.05) is 29.6 Å². The van der Waals surface area contributed by atoms with Gasteiger partial charge < -0.3 is 5.32 Å². The van der Waals surface area contributed by atoms with Gasteiger partial charge in [0.1, 0.15) is 0 Å². The SMILES string of the molecule is Clc1ccncc1NCc1cncc(Br)c1. The summed E-state index contributed by atoms with van der Waals surface area (Å²) in [5.41, 5.74) is 1.90. The van der Waals surface area contributed by atoms with Crippen molar-refractivity contribution in [3.8, 4) is 0 Å². The van der Waals surface area contributed by atoms with Gasteiger partial charge in [0.05, 0.1) is 16.9 Å². The van der Waals surface area contributed by atoms with Gasteiger partial charge in [-0.2, -0.15) is 0 Å². The maximum Gasteiger partial charge on any atom is 0.0718 e. The number of halogens is 2. The minimum absolute atomic E-state index is 0.665. The molecular formula is C11H9BrClN3. The molecule has 0 radical (unpaired) electrons. The Labute approximate surface area is 107 Å². The highest BCUT2D eigenvalue weighted by Crippen LogP contribution is 2.20. The molecule has 0 aromatic carbocycles. The number of anilines is 1. The molecule has 2 aromatic rings. The van der Waals surface area contributed by atoms with E-state index in [4.69, 9.17) is 11.6 Å². The first-order valence-electron chi connectivity index (χ1n) is 4.68. The Morgan fingerprint density at radius 2 is 2.12 bits per heavy atom. The van der Waals surface area contributed by atoms with Crippen molar-refractivity contribution in [3.05, 3.63) is 52.0 Å². The number of nitrogens with zero attached hydrogens (tertiary/aromatic N) is 2. The summed E-state index contributed by atoms with van der Waals surface area (Å²) in [6.45, 7) is 0.665. The van der Waals surface area contributed by atoms with Crippen LogP contribution in [0.25, 0.3) is 0 Å². The Morgan fingerprint density at radius 1 is 1.25 bits per heavy atom. The van der Waals surface area contributed by atoms with Crippen molar-refractivity contribution in [2.45, 2.75) is 6.54 Å². The molecular weight excluding hydrogens is 289 g/mol. The van der Waals surface area contributed by atoms with E-state index in [1.54, 1.807) is 24.7 Å². The van der Waals surface area contributed by atoms with Crippen molar-refractivity contribution >= 4 is 33.2 Å². The minimum atomic E-state index is 0.665. The van der Waals surface area contributed by atoms with E-state index in [1.165, 1.54) is 0 Å². The molecule has 5 heteroatoms. The van der Waals surface area contributed by atoms with Crippen LogP contribution in [0, 0.1) is 0 Å². The molecule has 0 amide bonds. The van der Waals surface area contributed by atoms with Crippen molar-refractivity contribution in [1.82, 2.24) is 9.97 Å². The third kappa shape index (κ3) is 2.93. The minimum Gasteiger partial charge on any atom is -0.378 e. The molecule has 0 unspecified atom stereocenters. The summed E-state index contributed by atoms with van der Waals surface area (Å²) < 4.78 is 0.962. The van der Waals surface area contributed by atoms with Crippen LogP contribution >= 0.6 is 27.5 Å².